The molecule has 0 unspecified atom stereocenters. The number of rotatable bonds is 6. The first-order chi connectivity index (χ1) is 9.24. The molecule has 102 valence electrons. The maximum atomic E-state index is 5.58. The second kappa shape index (κ2) is 6.31. The molecule has 0 spiro atoms. The van der Waals surface area contributed by atoms with Crippen LogP contribution in [0.15, 0.2) is 24.3 Å². The van der Waals surface area contributed by atoms with E-state index in [9.17, 15) is 0 Å². The topological polar surface area (TPSA) is 75.2 Å². The predicted molar refractivity (Wildman–Crippen MR) is 71.7 cm³/mol. The number of benzene rings is 1. The maximum Gasteiger partial charge on any atom is 0.181 e. The molecule has 19 heavy (non-hydrogen) atoms. The van der Waals surface area contributed by atoms with Gasteiger partial charge in [-0.05, 0) is 24.3 Å². The zero-order chi connectivity index (χ0) is 13.7. The van der Waals surface area contributed by atoms with Gasteiger partial charge in [-0.1, -0.05) is 0 Å². The molecule has 0 amide bonds. The van der Waals surface area contributed by atoms with Crippen molar-refractivity contribution in [1.82, 2.24) is 14.8 Å². The van der Waals surface area contributed by atoms with E-state index in [0.717, 1.165) is 17.1 Å². The Hall–Kier alpha value is -1.92. The second-order valence-electron chi connectivity index (χ2n) is 4.05. The van der Waals surface area contributed by atoms with Crippen LogP contribution in [0.5, 0.6) is 5.75 Å². The number of aromatic nitrogens is 3. The van der Waals surface area contributed by atoms with E-state index in [2.05, 4.69) is 10.1 Å². The zero-order valence-corrected chi connectivity index (χ0v) is 11.2. The highest BCUT2D eigenvalue weighted by molar-refractivity contribution is 5.55. The number of hydrogen-bond donors (Lipinski definition) is 1. The predicted octanol–water partition coefficient (Wildman–Crippen LogP) is 0.966. The van der Waals surface area contributed by atoms with E-state index in [1.54, 1.807) is 11.8 Å². The lowest BCUT2D eigenvalue weighted by Gasteiger charge is -2.05. The minimum absolute atomic E-state index is 0.377. The standard InChI is InChI=1S/C13H18N4O2/c1-17-12(9-14)15-13(16-17)10-3-5-11(6-4-10)19-8-7-18-2/h3-6H,7-9,14H2,1-2H3. The Morgan fingerprint density at radius 3 is 2.53 bits per heavy atom. The van der Waals surface area contributed by atoms with Crippen molar-refractivity contribution < 1.29 is 9.47 Å². The summed E-state index contributed by atoms with van der Waals surface area (Å²) in [5, 5.41) is 4.32. The van der Waals surface area contributed by atoms with Crippen LogP contribution in [-0.2, 0) is 18.3 Å². The summed E-state index contributed by atoms with van der Waals surface area (Å²) in [6, 6.07) is 7.64. The van der Waals surface area contributed by atoms with Gasteiger partial charge in [0.15, 0.2) is 5.82 Å². The molecule has 1 aromatic heterocycles. The molecule has 0 saturated carbocycles. The molecule has 0 atom stereocenters. The number of methoxy groups -OCH3 is 1. The van der Waals surface area contributed by atoms with Crippen LogP contribution in [-0.4, -0.2) is 35.1 Å². The van der Waals surface area contributed by atoms with Gasteiger partial charge < -0.3 is 15.2 Å². The Morgan fingerprint density at radius 1 is 1.21 bits per heavy atom. The average Bonchev–Trinajstić information content (AvgIpc) is 2.81. The summed E-state index contributed by atoms with van der Waals surface area (Å²) >= 11 is 0. The number of ether oxygens (including phenoxy) is 2. The van der Waals surface area contributed by atoms with E-state index in [0.29, 0.717) is 25.6 Å². The van der Waals surface area contributed by atoms with Crippen molar-refractivity contribution in [2.24, 2.45) is 12.8 Å². The van der Waals surface area contributed by atoms with E-state index in [1.165, 1.54) is 0 Å². The average molecular weight is 262 g/mol. The van der Waals surface area contributed by atoms with Crippen LogP contribution in [0.4, 0.5) is 0 Å². The van der Waals surface area contributed by atoms with E-state index >= 15 is 0 Å². The lowest BCUT2D eigenvalue weighted by molar-refractivity contribution is 0.146. The molecule has 2 rings (SSSR count). The largest absolute Gasteiger partial charge is 0.491 e. The first kappa shape index (κ1) is 13.5. The molecule has 1 aromatic carbocycles. The molecule has 0 fully saturated rings. The zero-order valence-electron chi connectivity index (χ0n) is 11.2. The van der Waals surface area contributed by atoms with E-state index in [4.69, 9.17) is 15.2 Å². The van der Waals surface area contributed by atoms with Crippen molar-refractivity contribution in [3.63, 3.8) is 0 Å². The van der Waals surface area contributed by atoms with Crippen LogP contribution in [0.25, 0.3) is 11.4 Å². The van der Waals surface area contributed by atoms with Crippen LogP contribution in [0.3, 0.4) is 0 Å². The summed E-state index contributed by atoms with van der Waals surface area (Å²) < 4.78 is 12.1. The molecular formula is C13H18N4O2. The Balaban J connectivity index is 2.08. The van der Waals surface area contributed by atoms with Gasteiger partial charge in [0, 0.05) is 19.7 Å². The number of hydrogen-bond acceptors (Lipinski definition) is 5. The molecule has 6 heteroatoms. The molecular weight excluding hydrogens is 244 g/mol. The van der Waals surface area contributed by atoms with E-state index in [-0.39, 0.29) is 0 Å². The van der Waals surface area contributed by atoms with Crippen molar-refractivity contribution >= 4 is 0 Å². The monoisotopic (exact) mass is 262 g/mol. The third-order valence-corrected chi connectivity index (χ3v) is 2.70. The molecule has 0 radical (unpaired) electrons. The third kappa shape index (κ3) is 3.30. The molecule has 0 saturated heterocycles. The van der Waals surface area contributed by atoms with Crippen molar-refractivity contribution in [2.75, 3.05) is 20.3 Å². The van der Waals surface area contributed by atoms with Gasteiger partial charge in [0.1, 0.15) is 18.2 Å². The van der Waals surface area contributed by atoms with Gasteiger partial charge in [-0.25, -0.2) is 4.98 Å². The highest BCUT2D eigenvalue weighted by Crippen LogP contribution is 2.19. The van der Waals surface area contributed by atoms with Gasteiger partial charge in [-0.3, -0.25) is 4.68 Å². The molecule has 0 aliphatic heterocycles. The molecule has 0 aliphatic rings. The van der Waals surface area contributed by atoms with Crippen molar-refractivity contribution in [3.05, 3.63) is 30.1 Å². The summed E-state index contributed by atoms with van der Waals surface area (Å²) in [5.74, 6) is 2.23. The van der Waals surface area contributed by atoms with E-state index in [1.807, 2.05) is 31.3 Å². The van der Waals surface area contributed by atoms with Crippen LogP contribution in [0.1, 0.15) is 5.82 Å². The van der Waals surface area contributed by atoms with Crippen LogP contribution >= 0.6 is 0 Å². The van der Waals surface area contributed by atoms with Crippen LogP contribution in [0, 0.1) is 0 Å². The minimum Gasteiger partial charge on any atom is -0.491 e. The number of nitrogens with zero attached hydrogens (tertiary/aromatic N) is 3. The third-order valence-electron chi connectivity index (χ3n) is 2.70. The van der Waals surface area contributed by atoms with Crippen molar-refractivity contribution in [2.45, 2.75) is 6.54 Å². The molecule has 2 aromatic rings. The first-order valence-corrected chi connectivity index (χ1v) is 6.06. The molecule has 0 aliphatic carbocycles. The first-order valence-electron chi connectivity index (χ1n) is 6.06. The summed E-state index contributed by atoms with van der Waals surface area (Å²) in [6.07, 6.45) is 0. The quantitative estimate of drug-likeness (QED) is 0.785. The summed E-state index contributed by atoms with van der Waals surface area (Å²) in [6.45, 7) is 1.49. The van der Waals surface area contributed by atoms with Gasteiger partial charge in [0.2, 0.25) is 0 Å². The number of nitrogens with two attached hydrogens (primary N) is 1. The summed E-state index contributed by atoms with van der Waals surface area (Å²) in [4.78, 5) is 4.37. The van der Waals surface area contributed by atoms with Gasteiger partial charge in [0.25, 0.3) is 0 Å². The van der Waals surface area contributed by atoms with Gasteiger partial charge in [0.05, 0.1) is 13.2 Å². The Morgan fingerprint density at radius 2 is 1.95 bits per heavy atom. The van der Waals surface area contributed by atoms with Crippen molar-refractivity contribution in [1.29, 1.82) is 0 Å². The summed E-state index contributed by atoms with van der Waals surface area (Å²) in [5.41, 5.74) is 6.52. The SMILES string of the molecule is COCCOc1ccc(-c2nc(CN)n(C)n2)cc1. The normalized spacial score (nSPS) is 10.7. The van der Waals surface area contributed by atoms with Gasteiger partial charge in [-0.15, -0.1) is 0 Å². The fraction of sp³-hybridized carbons (Fsp3) is 0.385. The van der Waals surface area contributed by atoms with Crippen LogP contribution < -0.4 is 10.5 Å². The van der Waals surface area contributed by atoms with E-state index < -0.39 is 0 Å². The maximum absolute atomic E-state index is 5.58. The number of aryl methyl sites for hydroxylation is 1. The second-order valence-corrected chi connectivity index (χ2v) is 4.05. The molecule has 2 N–H and O–H groups in total. The van der Waals surface area contributed by atoms with Gasteiger partial charge in [-0.2, -0.15) is 5.10 Å². The minimum atomic E-state index is 0.377. The Kier molecular flexibility index (Phi) is 4.48. The Bertz CT molecular complexity index is 522. The lowest BCUT2D eigenvalue weighted by Crippen LogP contribution is -2.05. The molecule has 6 nitrogen and oxygen atoms in total. The highest BCUT2D eigenvalue weighted by atomic mass is 16.5. The van der Waals surface area contributed by atoms with Crippen molar-refractivity contribution in [3.8, 4) is 17.1 Å². The smallest absolute Gasteiger partial charge is 0.181 e. The summed E-state index contributed by atoms with van der Waals surface area (Å²) in [7, 11) is 3.48. The molecule has 1 heterocycles. The fourth-order valence-corrected chi connectivity index (χ4v) is 1.66. The fourth-order valence-electron chi connectivity index (χ4n) is 1.66. The lowest BCUT2D eigenvalue weighted by atomic mass is 10.2. The highest BCUT2D eigenvalue weighted by Gasteiger charge is 2.07. The Labute approximate surface area is 112 Å². The van der Waals surface area contributed by atoms with Gasteiger partial charge >= 0.3 is 0 Å². The molecule has 0 bridgehead atoms. The van der Waals surface area contributed by atoms with Crippen LogP contribution in [0.2, 0.25) is 0 Å².